The number of fused-ring (bicyclic) bond motifs is 1. The van der Waals surface area contributed by atoms with Crippen LogP contribution in [-0.4, -0.2) is 40.9 Å². The molecule has 1 aromatic carbocycles. The average Bonchev–Trinajstić information content (AvgIpc) is 3.24. The van der Waals surface area contributed by atoms with Crippen LogP contribution in [0.3, 0.4) is 0 Å². The SMILES string of the molecule is O=C1CCCN1.OCCCCCCO.c1ccc2[nH]ccc2c1. The zero-order valence-electron chi connectivity index (χ0n) is 13.6. The van der Waals surface area contributed by atoms with Gasteiger partial charge in [0.05, 0.1) is 0 Å². The number of hydrogen-bond acceptors (Lipinski definition) is 3. The predicted octanol–water partition coefficient (Wildman–Crippen LogP) is 2.60. The third-order valence-electron chi connectivity index (χ3n) is 3.43. The van der Waals surface area contributed by atoms with Crippen LogP contribution in [-0.2, 0) is 4.79 Å². The van der Waals surface area contributed by atoms with E-state index < -0.39 is 0 Å². The van der Waals surface area contributed by atoms with E-state index in [1.54, 1.807) is 0 Å². The molecule has 0 bridgehead atoms. The van der Waals surface area contributed by atoms with Crippen LogP contribution in [0.4, 0.5) is 0 Å². The number of amides is 1. The number of aliphatic hydroxyl groups is 2. The smallest absolute Gasteiger partial charge is 0.220 e. The van der Waals surface area contributed by atoms with Gasteiger partial charge in [-0.05, 0) is 36.8 Å². The lowest BCUT2D eigenvalue weighted by molar-refractivity contribution is -0.119. The highest BCUT2D eigenvalue weighted by Gasteiger charge is 2.05. The minimum atomic E-state index is 0.204. The Morgan fingerprint density at radius 1 is 0.957 bits per heavy atom. The molecule has 0 aliphatic carbocycles. The van der Waals surface area contributed by atoms with Gasteiger partial charge in [0.25, 0.3) is 0 Å². The van der Waals surface area contributed by atoms with Gasteiger partial charge < -0.3 is 20.5 Å². The van der Waals surface area contributed by atoms with Crippen LogP contribution in [0.5, 0.6) is 0 Å². The summed E-state index contributed by atoms with van der Waals surface area (Å²) in [6, 6.07) is 10.3. The van der Waals surface area contributed by atoms with Gasteiger partial charge in [0, 0.05) is 37.9 Å². The maximum Gasteiger partial charge on any atom is 0.220 e. The Balaban J connectivity index is 0.000000176. The number of aromatic amines is 1. The highest BCUT2D eigenvalue weighted by atomic mass is 16.3. The number of aliphatic hydroxyl groups excluding tert-OH is 2. The van der Waals surface area contributed by atoms with Gasteiger partial charge >= 0.3 is 0 Å². The maximum absolute atomic E-state index is 10.1. The molecule has 1 aliphatic rings. The molecule has 23 heavy (non-hydrogen) atoms. The molecule has 2 aromatic rings. The number of unbranched alkanes of at least 4 members (excludes halogenated alkanes) is 3. The van der Waals surface area contributed by atoms with Crippen LogP contribution in [0.2, 0.25) is 0 Å². The molecule has 1 fully saturated rings. The zero-order chi connectivity index (χ0) is 16.8. The molecule has 0 saturated carbocycles. The molecule has 0 unspecified atom stereocenters. The predicted molar refractivity (Wildman–Crippen MR) is 93.2 cm³/mol. The second kappa shape index (κ2) is 12.7. The normalized spacial score (nSPS) is 12.9. The third-order valence-corrected chi connectivity index (χ3v) is 3.43. The van der Waals surface area contributed by atoms with E-state index in [1.807, 2.05) is 18.3 Å². The first-order valence-corrected chi connectivity index (χ1v) is 8.28. The first-order chi connectivity index (χ1) is 11.3. The fourth-order valence-electron chi connectivity index (χ4n) is 2.14. The number of aromatic nitrogens is 1. The number of H-pyrrole nitrogens is 1. The van der Waals surface area contributed by atoms with E-state index in [0.29, 0.717) is 0 Å². The van der Waals surface area contributed by atoms with E-state index in [1.165, 1.54) is 10.9 Å². The van der Waals surface area contributed by atoms with Crippen molar-refractivity contribution < 1.29 is 15.0 Å². The number of carbonyl (C=O) groups is 1. The van der Waals surface area contributed by atoms with Crippen LogP contribution in [0.15, 0.2) is 36.5 Å². The van der Waals surface area contributed by atoms with Crippen molar-refractivity contribution in [1.29, 1.82) is 0 Å². The van der Waals surface area contributed by atoms with Crippen molar-refractivity contribution >= 4 is 16.8 Å². The Bertz CT molecular complexity index is 496. The lowest BCUT2D eigenvalue weighted by Gasteiger charge is -1.93. The van der Waals surface area contributed by atoms with Gasteiger partial charge in [0.15, 0.2) is 0 Å². The van der Waals surface area contributed by atoms with E-state index in [2.05, 4.69) is 28.5 Å². The van der Waals surface area contributed by atoms with Crippen molar-refractivity contribution in [3.05, 3.63) is 36.5 Å². The quantitative estimate of drug-likeness (QED) is 0.639. The zero-order valence-corrected chi connectivity index (χ0v) is 13.6. The van der Waals surface area contributed by atoms with Gasteiger partial charge in [-0.15, -0.1) is 0 Å². The molecule has 1 saturated heterocycles. The highest BCUT2D eigenvalue weighted by molar-refractivity contribution is 5.78. The number of rotatable bonds is 5. The summed E-state index contributed by atoms with van der Waals surface area (Å²) in [5.74, 6) is 0.204. The number of carbonyl (C=O) groups excluding carboxylic acids is 1. The van der Waals surface area contributed by atoms with Crippen molar-refractivity contribution in [2.45, 2.75) is 38.5 Å². The van der Waals surface area contributed by atoms with E-state index in [9.17, 15) is 4.79 Å². The van der Waals surface area contributed by atoms with Crippen molar-refractivity contribution in [3.63, 3.8) is 0 Å². The Morgan fingerprint density at radius 2 is 1.65 bits per heavy atom. The molecule has 0 spiro atoms. The second-order valence-corrected chi connectivity index (χ2v) is 5.38. The van der Waals surface area contributed by atoms with Crippen molar-refractivity contribution in [2.24, 2.45) is 0 Å². The summed E-state index contributed by atoms with van der Waals surface area (Å²) < 4.78 is 0. The third kappa shape index (κ3) is 9.01. The summed E-state index contributed by atoms with van der Waals surface area (Å²) in [5, 5.41) is 20.6. The van der Waals surface area contributed by atoms with Gasteiger partial charge in [-0.3, -0.25) is 4.79 Å². The number of benzene rings is 1. The fraction of sp³-hybridized carbons (Fsp3) is 0.500. The summed E-state index contributed by atoms with van der Waals surface area (Å²) in [4.78, 5) is 13.3. The first-order valence-electron chi connectivity index (χ1n) is 8.28. The molecular weight excluding hydrogens is 292 g/mol. The summed E-state index contributed by atoms with van der Waals surface area (Å²) in [6.07, 6.45) is 7.54. The maximum atomic E-state index is 10.1. The molecule has 5 nitrogen and oxygen atoms in total. The van der Waals surface area contributed by atoms with Crippen molar-refractivity contribution in [1.82, 2.24) is 10.3 Å². The lowest BCUT2D eigenvalue weighted by atomic mass is 10.2. The monoisotopic (exact) mass is 320 g/mol. The number of para-hydroxylation sites is 1. The van der Waals surface area contributed by atoms with E-state index in [0.717, 1.165) is 45.1 Å². The molecule has 1 aromatic heterocycles. The molecule has 128 valence electrons. The van der Waals surface area contributed by atoms with Gasteiger partial charge in [0.1, 0.15) is 0 Å². The topological polar surface area (TPSA) is 85.3 Å². The van der Waals surface area contributed by atoms with Gasteiger partial charge in [-0.2, -0.15) is 0 Å². The Morgan fingerprint density at radius 3 is 2.13 bits per heavy atom. The Hall–Kier alpha value is -1.85. The van der Waals surface area contributed by atoms with E-state index in [-0.39, 0.29) is 19.1 Å². The minimum Gasteiger partial charge on any atom is -0.396 e. The lowest BCUT2D eigenvalue weighted by Crippen LogP contribution is -2.12. The summed E-state index contributed by atoms with van der Waals surface area (Å²) in [6.45, 7) is 1.45. The first kappa shape index (κ1) is 19.2. The second-order valence-electron chi connectivity index (χ2n) is 5.38. The summed E-state index contributed by atoms with van der Waals surface area (Å²) in [5.41, 5.74) is 1.21. The Labute approximate surface area is 137 Å². The largest absolute Gasteiger partial charge is 0.396 e. The van der Waals surface area contributed by atoms with Gasteiger partial charge in [0.2, 0.25) is 5.91 Å². The highest BCUT2D eigenvalue weighted by Crippen LogP contribution is 2.09. The van der Waals surface area contributed by atoms with E-state index >= 15 is 0 Å². The van der Waals surface area contributed by atoms with E-state index in [4.69, 9.17) is 10.2 Å². The molecule has 0 atom stereocenters. The molecular formula is C18H28N2O3. The number of hydrogen-bond donors (Lipinski definition) is 4. The van der Waals surface area contributed by atoms with Crippen molar-refractivity contribution in [2.75, 3.05) is 19.8 Å². The van der Waals surface area contributed by atoms with Crippen LogP contribution in [0.1, 0.15) is 38.5 Å². The molecule has 2 heterocycles. The molecule has 5 heteroatoms. The van der Waals surface area contributed by atoms with Gasteiger partial charge in [-0.1, -0.05) is 31.0 Å². The van der Waals surface area contributed by atoms with Crippen LogP contribution >= 0.6 is 0 Å². The summed E-state index contributed by atoms with van der Waals surface area (Å²) >= 11 is 0. The summed E-state index contributed by atoms with van der Waals surface area (Å²) in [7, 11) is 0. The van der Waals surface area contributed by atoms with Crippen LogP contribution in [0.25, 0.3) is 10.9 Å². The fourth-order valence-corrected chi connectivity index (χ4v) is 2.14. The molecule has 1 aliphatic heterocycles. The van der Waals surface area contributed by atoms with Crippen LogP contribution < -0.4 is 5.32 Å². The Kier molecular flexibility index (Phi) is 10.6. The molecule has 0 radical (unpaired) electrons. The van der Waals surface area contributed by atoms with Gasteiger partial charge in [-0.25, -0.2) is 0 Å². The van der Waals surface area contributed by atoms with Crippen LogP contribution in [0, 0.1) is 0 Å². The molecule has 1 amide bonds. The minimum absolute atomic E-state index is 0.204. The standard InChI is InChI=1S/C8H7N.C6H14O2.C4H7NO/c1-2-4-8-7(3-1)5-6-9-8;7-5-3-1-2-4-6-8;6-4-2-1-3-5-4/h1-6,9H;7-8H,1-6H2;1-3H2,(H,5,6). The number of nitrogens with one attached hydrogen (secondary N) is 2. The molecule has 4 N–H and O–H groups in total. The molecule has 3 rings (SSSR count). The average molecular weight is 320 g/mol. The van der Waals surface area contributed by atoms with Crippen molar-refractivity contribution in [3.8, 4) is 0 Å².